The third-order valence-electron chi connectivity index (χ3n) is 4.02. The molecule has 2 nitrogen and oxygen atoms in total. The summed E-state index contributed by atoms with van der Waals surface area (Å²) in [4.78, 5) is 2.43. The number of rotatable bonds is 3. The number of nitrogens with zero attached hydrogens (tertiary/aromatic N) is 1. The molecular weight excluding hydrogens is 208 g/mol. The lowest BCUT2D eigenvalue weighted by atomic mass is 9.92. The van der Waals surface area contributed by atoms with Crippen molar-refractivity contribution in [2.24, 2.45) is 11.7 Å². The second-order valence-corrected chi connectivity index (χ2v) is 5.53. The molecule has 0 saturated carbocycles. The molecule has 2 unspecified atom stereocenters. The van der Waals surface area contributed by atoms with E-state index in [0.717, 1.165) is 6.54 Å². The Labute approximate surface area is 105 Å². The van der Waals surface area contributed by atoms with Crippen LogP contribution in [0.1, 0.15) is 43.4 Å². The molecule has 1 aromatic carbocycles. The first kappa shape index (κ1) is 12.6. The van der Waals surface area contributed by atoms with Gasteiger partial charge in [-0.15, -0.1) is 0 Å². The molecule has 1 saturated heterocycles. The van der Waals surface area contributed by atoms with Crippen molar-refractivity contribution in [1.29, 1.82) is 0 Å². The lowest BCUT2D eigenvalue weighted by Crippen LogP contribution is -2.25. The highest BCUT2D eigenvalue weighted by Crippen LogP contribution is 2.35. The molecule has 2 heteroatoms. The summed E-state index contributed by atoms with van der Waals surface area (Å²) in [6, 6.07) is 9.61. The van der Waals surface area contributed by atoms with Crippen LogP contribution in [0.5, 0.6) is 0 Å². The van der Waals surface area contributed by atoms with Gasteiger partial charge in [0, 0.05) is 6.04 Å². The van der Waals surface area contributed by atoms with E-state index in [1.807, 2.05) is 0 Å². The minimum absolute atomic E-state index is 0.515. The van der Waals surface area contributed by atoms with Crippen molar-refractivity contribution in [3.63, 3.8) is 0 Å². The molecule has 0 aromatic heterocycles. The van der Waals surface area contributed by atoms with Gasteiger partial charge in [0.1, 0.15) is 0 Å². The molecule has 1 aliphatic heterocycles. The Morgan fingerprint density at radius 1 is 1.29 bits per heavy atom. The van der Waals surface area contributed by atoms with Crippen molar-refractivity contribution in [2.75, 3.05) is 20.1 Å². The van der Waals surface area contributed by atoms with E-state index in [9.17, 15) is 0 Å². The first-order valence-corrected chi connectivity index (χ1v) is 6.63. The highest BCUT2D eigenvalue weighted by molar-refractivity contribution is 5.28. The molecule has 1 aromatic rings. The Kier molecular flexibility index (Phi) is 3.85. The van der Waals surface area contributed by atoms with Crippen LogP contribution in [-0.2, 0) is 0 Å². The Bertz CT molecular complexity index is 356. The summed E-state index contributed by atoms with van der Waals surface area (Å²) in [6.07, 6.45) is 1.23. The number of hydrogen-bond acceptors (Lipinski definition) is 2. The smallest absolute Gasteiger partial charge is 0.0385 e. The van der Waals surface area contributed by atoms with E-state index in [0.29, 0.717) is 17.9 Å². The zero-order valence-corrected chi connectivity index (χ0v) is 11.2. The first-order chi connectivity index (χ1) is 8.13. The summed E-state index contributed by atoms with van der Waals surface area (Å²) in [5.41, 5.74) is 8.71. The highest BCUT2D eigenvalue weighted by Gasteiger charge is 2.31. The van der Waals surface area contributed by atoms with Gasteiger partial charge in [0.15, 0.2) is 0 Å². The fourth-order valence-electron chi connectivity index (χ4n) is 2.88. The quantitative estimate of drug-likeness (QED) is 0.868. The normalized spacial score (nSPS) is 25.7. The van der Waals surface area contributed by atoms with Crippen molar-refractivity contribution in [2.45, 2.75) is 32.2 Å². The maximum atomic E-state index is 5.88. The second kappa shape index (κ2) is 5.19. The number of likely N-dealkylation sites (tertiary alicyclic amines) is 1. The van der Waals surface area contributed by atoms with Crippen LogP contribution in [-0.4, -0.2) is 25.0 Å². The topological polar surface area (TPSA) is 29.3 Å². The fraction of sp³-hybridized carbons (Fsp3) is 0.600. The summed E-state index contributed by atoms with van der Waals surface area (Å²) in [5, 5.41) is 0. The van der Waals surface area contributed by atoms with Crippen LogP contribution in [0.2, 0.25) is 0 Å². The van der Waals surface area contributed by atoms with Crippen molar-refractivity contribution in [3.8, 4) is 0 Å². The SMILES string of the molecule is CC(C)c1ccc(C2C(CN)CCN2C)cc1. The third kappa shape index (κ3) is 2.53. The van der Waals surface area contributed by atoms with Crippen LogP contribution in [0.15, 0.2) is 24.3 Å². The molecule has 17 heavy (non-hydrogen) atoms. The fourth-order valence-corrected chi connectivity index (χ4v) is 2.88. The zero-order valence-electron chi connectivity index (χ0n) is 11.2. The van der Waals surface area contributed by atoms with E-state index in [-0.39, 0.29) is 0 Å². The lowest BCUT2D eigenvalue weighted by Gasteiger charge is -2.25. The van der Waals surface area contributed by atoms with E-state index in [4.69, 9.17) is 5.73 Å². The van der Waals surface area contributed by atoms with Crippen molar-refractivity contribution < 1.29 is 0 Å². The van der Waals surface area contributed by atoms with E-state index in [1.165, 1.54) is 24.1 Å². The Hall–Kier alpha value is -0.860. The summed E-state index contributed by atoms with van der Waals surface area (Å²) in [7, 11) is 2.21. The summed E-state index contributed by atoms with van der Waals surface area (Å²) >= 11 is 0. The third-order valence-corrected chi connectivity index (χ3v) is 4.02. The molecule has 0 amide bonds. The molecule has 0 bridgehead atoms. The van der Waals surface area contributed by atoms with Crippen LogP contribution in [0.25, 0.3) is 0 Å². The second-order valence-electron chi connectivity index (χ2n) is 5.53. The van der Waals surface area contributed by atoms with Crippen LogP contribution in [0.3, 0.4) is 0 Å². The minimum Gasteiger partial charge on any atom is -0.330 e. The minimum atomic E-state index is 0.515. The van der Waals surface area contributed by atoms with Crippen LogP contribution < -0.4 is 5.73 Å². The molecule has 94 valence electrons. The van der Waals surface area contributed by atoms with Crippen LogP contribution in [0, 0.1) is 5.92 Å². The maximum absolute atomic E-state index is 5.88. The largest absolute Gasteiger partial charge is 0.330 e. The van der Waals surface area contributed by atoms with Gasteiger partial charge >= 0.3 is 0 Å². The molecule has 2 atom stereocenters. The molecule has 2 N–H and O–H groups in total. The van der Waals surface area contributed by atoms with Crippen LogP contribution >= 0.6 is 0 Å². The predicted molar refractivity (Wildman–Crippen MR) is 73.1 cm³/mol. The molecule has 0 spiro atoms. The van der Waals surface area contributed by atoms with E-state index in [2.05, 4.69) is 50.1 Å². The molecule has 1 heterocycles. The van der Waals surface area contributed by atoms with E-state index in [1.54, 1.807) is 0 Å². The van der Waals surface area contributed by atoms with Gasteiger partial charge in [-0.1, -0.05) is 38.1 Å². The number of benzene rings is 1. The number of hydrogen-bond donors (Lipinski definition) is 1. The van der Waals surface area contributed by atoms with E-state index < -0.39 is 0 Å². The summed E-state index contributed by atoms with van der Waals surface area (Å²) in [5.74, 6) is 1.22. The predicted octanol–water partition coefficient (Wildman–Crippen LogP) is 2.76. The Morgan fingerprint density at radius 2 is 1.94 bits per heavy atom. The molecular formula is C15H24N2. The van der Waals surface area contributed by atoms with Crippen molar-refractivity contribution in [1.82, 2.24) is 4.90 Å². The average molecular weight is 232 g/mol. The van der Waals surface area contributed by atoms with Crippen molar-refractivity contribution in [3.05, 3.63) is 35.4 Å². The monoisotopic (exact) mass is 232 g/mol. The van der Waals surface area contributed by atoms with Gasteiger partial charge in [-0.3, -0.25) is 4.90 Å². The molecule has 1 fully saturated rings. The zero-order chi connectivity index (χ0) is 12.4. The summed E-state index contributed by atoms with van der Waals surface area (Å²) in [6.45, 7) is 6.43. The van der Waals surface area contributed by atoms with Gasteiger partial charge < -0.3 is 5.73 Å². The first-order valence-electron chi connectivity index (χ1n) is 6.63. The Morgan fingerprint density at radius 3 is 2.47 bits per heavy atom. The van der Waals surface area contributed by atoms with Gasteiger partial charge in [0.25, 0.3) is 0 Å². The number of nitrogens with two attached hydrogens (primary N) is 1. The molecule has 2 rings (SSSR count). The Balaban J connectivity index is 2.21. The molecule has 1 aliphatic rings. The van der Waals surface area contributed by atoms with Gasteiger partial charge in [-0.25, -0.2) is 0 Å². The standard InChI is InChI=1S/C15H24N2/c1-11(2)12-4-6-13(7-5-12)15-14(10-16)8-9-17(15)3/h4-7,11,14-15H,8-10,16H2,1-3H3. The van der Waals surface area contributed by atoms with Crippen LogP contribution in [0.4, 0.5) is 0 Å². The molecule has 0 aliphatic carbocycles. The lowest BCUT2D eigenvalue weighted by molar-refractivity contribution is 0.279. The van der Waals surface area contributed by atoms with Gasteiger partial charge in [-0.2, -0.15) is 0 Å². The van der Waals surface area contributed by atoms with Gasteiger partial charge in [0.05, 0.1) is 0 Å². The maximum Gasteiger partial charge on any atom is 0.0385 e. The van der Waals surface area contributed by atoms with Gasteiger partial charge in [-0.05, 0) is 49.5 Å². The highest BCUT2D eigenvalue weighted by atomic mass is 15.2. The van der Waals surface area contributed by atoms with E-state index >= 15 is 0 Å². The average Bonchev–Trinajstić information content (AvgIpc) is 2.70. The van der Waals surface area contributed by atoms with Crippen molar-refractivity contribution >= 4 is 0 Å². The molecule has 0 radical (unpaired) electrons. The summed E-state index contributed by atoms with van der Waals surface area (Å²) < 4.78 is 0. The van der Waals surface area contributed by atoms with Gasteiger partial charge in [0.2, 0.25) is 0 Å².